The van der Waals surface area contributed by atoms with Crippen molar-refractivity contribution in [1.29, 1.82) is 0 Å². The van der Waals surface area contributed by atoms with Gasteiger partial charge in [-0.1, -0.05) is 6.07 Å². The SMILES string of the molecule is CCN(CC)C(=O)[C@@H]1CCCN1[C@@H]1CC[C@H]2[C@H]3Cc4ccc(O)c5c4[C@@]2(CCN3C)[C@H]1O5. The Morgan fingerprint density at radius 1 is 1.19 bits per heavy atom. The van der Waals surface area contributed by atoms with Crippen molar-refractivity contribution in [1.82, 2.24) is 14.7 Å². The number of carbonyl (C=O) groups is 1. The van der Waals surface area contributed by atoms with Crippen LogP contribution in [0, 0.1) is 5.92 Å². The number of phenolic OH excluding ortho intramolecular Hbond substituents is 1. The predicted octanol–water partition coefficient (Wildman–Crippen LogP) is 2.76. The van der Waals surface area contributed by atoms with Gasteiger partial charge in [-0.3, -0.25) is 9.69 Å². The van der Waals surface area contributed by atoms with Gasteiger partial charge in [-0.25, -0.2) is 0 Å². The van der Waals surface area contributed by atoms with Crippen molar-refractivity contribution in [2.75, 3.05) is 33.2 Å². The average Bonchev–Trinajstić information content (AvgIpc) is 3.41. The average molecular weight is 440 g/mol. The summed E-state index contributed by atoms with van der Waals surface area (Å²) in [5.74, 6) is 1.89. The Kier molecular flexibility index (Phi) is 4.78. The molecule has 0 radical (unpaired) electrons. The normalized spacial score (nSPS) is 37.8. The van der Waals surface area contributed by atoms with E-state index in [0.717, 1.165) is 64.0 Å². The first-order valence-corrected chi connectivity index (χ1v) is 12.8. The van der Waals surface area contributed by atoms with E-state index in [1.807, 2.05) is 11.0 Å². The molecule has 3 aliphatic heterocycles. The van der Waals surface area contributed by atoms with E-state index in [1.54, 1.807) is 0 Å². The van der Waals surface area contributed by atoms with Crippen LogP contribution >= 0.6 is 0 Å². The molecule has 3 fully saturated rings. The Morgan fingerprint density at radius 3 is 2.78 bits per heavy atom. The van der Waals surface area contributed by atoms with E-state index in [2.05, 4.69) is 36.8 Å². The Hall–Kier alpha value is -1.79. The molecule has 1 saturated carbocycles. The zero-order chi connectivity index (χ0) is 22.2. The van der Waals surface area contributed by atoms with E-state index >= 15 is 0 Å². The molecule has 6 heteroatoms. The van der Waals surface area contributed by atoms with Crippen LogP contribution in [0.15, 0.2) is 12.1 Å². The van der Waals surface area contributed by atoms with Crippen LogP contribution in [0.1, 0.15) is 57.1 Å². The van der Waals surface area contributed by atoms with E-state index in [0.29, 0.717) is 17.7 Å². The van der Waals surface area contributed by atoms with E-state index in [9.17, 15) is 9.90 Å². The molecule has 1 aromatic carbocycles. The maximum absolute atomic E-state index is 13.4. The lowest BCUT2D eigenvalue weighted by molar-refractivity contribution is -0.139. The zero-order valence-corrected chi connectivity index (χ0v) is 19.7. The van der Waals surface area contributed by atoms with E-state index in [4.69, 9.17) is 4.74 Å². The molecule has 6 atom stereocenters. The highest BCUT2D eigenvalue weighted by molar-refractivity contribution is 5.82. The molecule has 32 heavy (non-hydrogen) atoms. The van der Waals surface area contributed by atoms with Gasteiger partial charge in [-0.05, 0) is 90.1 Å². The summed E-state index contributed by atoms with van der Waals surface area (Å²) in [4.78, 5) is 20.5. The lowest BCUT2D eigenvalue weighted by Crippen LogP contribution is -2.69. The third-order valence-electron chi connectivity index (χ3n) is 9.64. The maximum atomic E-state index is 13.4. The van der Waals surface area contributed by atoms with Crippen LogP contribution in [-0.4, -0.2) is 83.2 Å². The molecular formula is C26H37N3O3. The first-order chi connectivity index (χ1) is 15.5. The molecule has 2 bridgehead atoms. The molecule has 2 saturated heterocycles. The number of likely N-dealkylation sites (tertiary alicyclic amines) is 2. The molecule has 5 aliphatic rings. The fourth-order valence-electron chi connectivity index (χ4n) is 8.25. The Bertz CT molecular complexity index is 931. The van der Waals surface area contributed by atoms with Crippen molar-refractivity contribution in [2.45, 2.75) is 82.0 Å². The Morgan fingerprint density at radius 2 is 2.00 bits per heavy atom. The highest BCUT2D eigenvalue weighted by Gasteiger charge is 2.66. The summed E-state index contributed by atoms with van der Waals surface area (Å²) in [6.45, 7) is 7.74. The van der Waals surface area contributed by atoms with Crippen molar-refractivity contribution in [3.8, 4) is 11.5 Å². The smallest absolute Gasteiger partial charge is 0.239 e. The zero-order valence-electron chi connectivity index (χ0n) is 19.7. The van der Waals surface area contributed by atoms with Crippen molar-refractivity contribution < 1.29 is 14.6 Å². The molecule has 1 aromatic rings. The van der Waals surface area contributed by atoms with Gasteiger partial charge >= 0.3 is 0 Å². The van der Waals surface area contributed by atoms with Gasteiger partial charge in [-0.2, -0.15) is 0 Å². The van der Waals surface area contributed by atoms with Crippen LogP contribution in [0.25, 0.3) is 0 Å². The number of ether oxygens (including phenoxy) is 1. The van der Waals surface area contributed by atoms with Gasteiger partial charge in [0, 0.05) is 36.2 Å². The quantitative estimate of drug-likeness (QED) is 0.782. The van der Waals surface area contributed by atoms with Gasteiger partial charge in [0.2, 0.25) is 5.91 Å². The van der Waals surface area contributed by atoms with Gasteiger partial charge in [0.25, 0.3) is 0 Å². The minimum absolute atomic E-state index is 0.0207. The largest absolute Gasteiger partial charge is 0.504 e. The van der Waals surface area contributed by atoms with Crippen LogP contribution in [0.3, 0.4) is 0 Å². The molecule has 0 unspecified atom stereocenters. The molecule has 1 spiro atoms. The fourth-order valence-corrected chi connectivity index (χ4v) is 8.25. The first kappa shape index (κ1) is 20.8. The van der Waals surface area contributed by atoms with Gasteiger partial charge < -0.3 is 19.6 Å². The van der Waals surface area contributed by atoms with Crippen LogP contribution in [0.2, 0.25) is 0 Å². The third-order valence-corrected chi connectivity index (χ3v) is 9.64. The van der Waals surface area contributed by atoms with Crippen molar-refractivity contribution in [3.05, 3.63) is 23.3 Å². The predicted molar refractivity (Wildman–Crippen MR) is 123 cm³/mol. The number of hydrogen-bond donors (Lipinski definition) is 1. The van der Waals surface area contributed by atoms with E-state index in [-0.39, 0.29) is 29.5 Å². The molecule has 1 N–H and O–H groups in total. The summed E-state index contributed by atoms with van der Waals surface area (Å²) >= 11 is 0. The summed E-state index contributed by atoms with van der Waals surface area (Å²) in [5.41, 5.74) is 2.66. The van der Waals surface area contributed by atoms with Crippen LogP contribution in [-0.2, 0) is 16.6 Å². The van der Waals surface area contributed by atoms with Crippen molar-refractivity contribution in [2.24, 2.45) is 5.92 Å². The first-order valence-electron chi connectivity index (χ1n) is 12.8. The highest BCUT2D eigenvalue weighted by Crippen LogP contribution is 2.64. The summed E-state index contributed by atoms with van der Waals surface area (Å²) in [6, 6.07) is 4.72. The highest BCUT2D eigenvalue weighted by atomic mass is 16.5. The second-order valence-corrected chi connectivity index (χ2v) is 10.7. The van der Waals surface area contributed by atoms with Gasteiger partial charge in [0.1, 0.15) is 6.10 Å². The number of piperidine rings is 1. The third kappa shape index (κ3) is 2.57. The molecule has 3 heterocycles. The summed E-state index contributed by atoms with van der Waals surface area (Å²) in [6.07, 6.45) is 6.45. The second kappa shape index (κ2) is 7.36. The van der Waals surface area contributed by atoms with Gasteiger partial charge in [0.05, 0.1) is 6.04 Å². The van der Waals surface area contributed by atoms with Crippen LogP contribution in [0.5, 0.6) is 11.5 Å². The fraction of sp³-hybridized carbons (Fsp3) is 0.731. The van der Waals surface area contributed by atoms with Crippen molar-refractivity contribution in [3.63, 3.8) is 0 Å². The lowest BCUT2D eigenvalue weighted by Gasteiger charge is -2.60. The number of likely N-dealkylation sites (N-methyl/N-ethyl adjacent to an activating group) is 2. The summed E-state index contributed by atoms with van der Waals surface area (Å²) in [5, 5.41) is 10.8. The number of amides is 1. The van der Waals surface area contributed by atoms with E-state index in [1.165, 1.54) is 17.5 Å². The minimum atomic E-state index is -0.0288. The molecular weight excluding hydrogens is 402 g/mol. The van der Waals surface area contributed by atoms with E-state index < -0.39 is 0 Å². The Balaban J connectivity index is 1.41. The van der Waals surface area contributed by atoms with Gasteiger partial charge in [0.15, 0.2) is 11.5 Å². The topological polar surface area (TPSA) is 56.2 Å². The molecule has 0 aromatic heterocycles. The molecule has 174 valence electrons. The maximum Gasteiger partial charge on any atom is 0.239 e. The van der Waals surface area contributed by atoms with Crippen molar-refractivity contribution >= 4 is 5.91 Å². The van der Waals surface area contributed by atoms with Crippen LogP contribution < -0.4 is 4.74 Å². The number of rotatable bonds is 4. The standard InChI is InChI=1S/C26H37N3O3/c1-4-28(5-2)25(31)19-7-6-13-29(19)18-10-9-17-20-15-16-8-11-21(30)23-22(16)26(17,24(18)32-23)12-14-27(20)3/h8,11,17-20,24,30H,4-7,9-10,12-15H2,1-3H3/t17-,18+,19-,20+,24-,26-/m0/s1. The molecule has 6 rings (SSSR count). The molecule has 2 aliphatic carbocycles. The minimum Gasteiger partial charge on any atom is -0.504 e. The number of nitrogens with zero attached hydrogens (tertiary/aromatic N) is 3. The second-order valence-electron chi connectivity index (χ2n) is 10.7. The lowest BCUT2D eigenvalue weighted by atomic mass is 9.51. The van der Waals surface area contributed by atoms with Crippen LogP contribution in [0.4, 0.5) is 0 Å². The number of hydrogen-bond acceptors (Lipinski definition) is 5. The molecule has 1 amide bonds. The Labute approximate surface area is 191 Å². The summed E-state index contributed by atoms with van der Waals surface area (Å²) < 4.78 is 6.78. The number of benzene rings is 1. The monoisotopic (exact) mass is 439 g/mol. The number of aromatic hydroxyl groups is 1. The number of phenols is 1. The number of carbonyl (C=O) groups excluding carboxylic acids is 1. The van der Waals surface area contributed by atoms with Gasteiger partial charge in [-0.15, -0.1) is 0 Å². The summed E-state index contributed by atoms with van der Waals surface area (Å²) in [7, 11) is 2.28. The molecule has 6 nitrogen and oxygen atoms in total.